The lowest BCUT2D eigenvalue weighted by atomic mass is 10.2. The topological polar surface area (TPSA) is 41.5 Å². The number of hydrogen-bond donors (Lipinski definition) is 2. The summed E-state index contributed by atoms with van der Waals surface area (Å²) >= 11 is 0. The Morgan fingerprint density at radius 3 is 2.50 bits per heavy atom. The molecule has 0 saturated heterocycles. The van der Waals surface area contributed by atoms with E-state index in [1.54, 1.807) is 0 Å². The molecular weight excluding hydrogens is 202 g/mol. The molecule has 0 radical (unpaired) electrons. The third kappa shape index (κ3) is 7.20. The molecule has 1 rings (SSSR count). The molecule has 2 N–H and O–H groups in total. The highest BCUT2D eigenvalue weighted by Gasteiger charge is 2.14. The largest absolute Gasteiger partial charge is 0.396 e. The highest BCUT2D eigenvalue weighted by Crippen LogP contribution is 2.20. The van der Waals surface area contributed by atoms with E-state index in [1.807, 2.05) is 0 Å². The maximum Gasteiger partial charge on any atom is 0.0594 e. The summed E-state index contributed by atoms with van der Waals surface area (Å²) in [7, 11) is 0. The molecular formula is C13H27NO2. The predicted molar refractivity (Wildman–Crippen MR) is 66.6 cm³/mol. The Hall–Kier alpha value is -0.120. The Morgan fingerprint density at radius 1 is 1.00 bits per heavy atom. The lowest BCUT2D eigenvalue weighted by Gasteiger charge is -2.11. The molecule has 0 aliphatic heterocycles. The van der Waals surface area contributed by atoms with Crippen molar-refractivity contribution in [2.75, 3.05) is 26.3 Å². The van der Waals surface area contributed by atoms with Crippen LogP contribution < -0.4 is 5.32 Å². The summed E-state index contributed by atoms with van der Waals surface area (Å²) in [4.78, 5) is 0. The first-order valence-electron chi connectivity index (χ1n) is 6.86. The van der Waals surface area contributed by atoms with Crippen LogP contribution in [0.15, 0.2) is 0 Å². The van der Waals surface area contributed by atoms with E-state index in [-0.39, 0.29) is 0 Å². The minimum absolute atomic E-state index is 0.336. The smallest absolute Gasteiger partial charge is 0.0594 e. The van der Waals surface area contributed by atoms with Crippen LogP contribution in [0.5, 0.6) is 0 Å². The van der Waals surface area contributed by atoms with Gasteiger partial charge in [0.25, 0.3) is 0 Å². The van der Waals surface area contributed by atoms with Gasteiger partial charge in [-0.25, -0.2) is 0 Å². The second-order valence-corrected chi connectivity index (χ2v) is 4.67. The van der Waals surface area contributed by atoms with Crippen LogP contribution in [0.25, 0.3) is 0 Å². The van der Waals surface area contributed by atoms with Gasteiger partial charge < -0.3 is 15.2 Å². The molecule has 3 nitrogen and oxygen atoms in total. The molecule has 1 saturated carbocycles. The molecule has 16 heavy (non-hydrogen) atoms. The molecule has 0 spiro atoms. The van der Waals surface area contributed by atoms with Crippen LogP contribution in [0.3, 0.4) is 0 Å². The first kappa shape index (κ1) is 13.9. The number of unbranched alkanes of at least 4 members (excludes halogenated alkanes) is 3. The molecule has 1 aliphatic rings. The summed E-state index contributed by atoms with van der Waals surface area (Å²) in [5, 5.41) is 12.0. The van der Waals surface area contributed by atoms with Crippen LogP contribution in [-0.4, -0.2) is 37.5 Å². The number of ether oxygens (including phenoxy) is 1. The maximum atomic E-state index is 8.61. The van der Waals surface area contributed by atoms with E-state index in [0.29, 0.717) is 12.7 Å². The number of hydrogen-bond acceptors (Lipinski definition) is 3. The van der Waals surface area contributed by atoms with Gasteiger partial charge in [-0.05, 0) is 32.2 Å². The number of nitrogens with one attached hydrogen (secondary N) is 1. The van der Waals surface area contributed by atoms with Crippen molar-refractivity contribution < 1.29 is 9.84 Å². The quantitative estimate of drug-likeness (QED) is 0.564. The zero-order valence-corrected chi connectivity index (χ0v) is 10.4. The molecule has 0 amide bonds. The van der Waals surface area contributed by atoms with Crippen molar-refractivity contribution in [2.24, 2.45) is 0 Å². The number of aliphatic hydroxyl groups is 1. The van der Waals surface area contributed by atoms with Gasteiger partial charge in [-0.15, -0.1) is 0 Å². The first-order chi connectivity index (χ1) is 7.93. The summed E-state index contributed by atoms with van der Waals surface area (Å²) < 4.78 is 5.75. The van der Waals surface area contributed by atoms with E-state index in [9.17, 15) is 0 Å². The second-order valence-electron chi connectivity index (χ2n) is 4.67. The molecule has 0 unspecified atom stereocenters. The minimum atomic E-state index is 0.336. The van der Waals surface area contributed by atoms with E-state index in [0.717, 1.165) is 32.5 Å². The van der Waals surface area contributed by atoms with Crippen LogP contribution in [0.2, 0.25) is 0 Å². The maximum absolute atomic E-state index is 8.61. The average Bonchev–Trinajstić information content (AvgIpc) is 2.80. The zero-order chi connectivity index (χ0) is 11.5. The van der Waals surface area contributed by atoms with Gasteiger partial charge >= 0.3 is 0 Å². The lowest BCUT2D eigenvalue weighted by Crippen LogP contribution is -2.23. The zero-order valence-electron chi connectivity index (χ0n) is 10.4. The number of aliphatic hydroxyl groups excluding tert-OH is 1. The van der Waals surface area contributed by atoms with Crippen molar-refractivity contribution in [1.29, 1.82) is 0 Å². The first-order valence-corrected chi connectivity index (χ1v) is 6.86. The molecule has 1 aliphatic carbocycles. The summed E-state index contributed by atoms with van der Waals surface area (Å²) in [5.41, 5.74) is 0. The summed E-state index contributed by atoms with van der Waals surface area (Å²) in [6.07, 6.45) is 10.3. The molecule has 0 atom stereocenters. The third-order valence-corrected chi connectivity index (χ3v) is 3.20. The van der Waals surface area contributed by atoms with Crippen LogP contribution in [-0.2, 0) is 4.74 Å². The molecule has 1 fully saturated rings. The Kier molecular flexibility index (Phi) is 8.77. The van der Waals surface area contributed by atoms with E-state index in [2.05, 4.69) is 5.32 Å². The molecule has 3 heteroatoms. The van der Waals surface area contributed by atoms with E-state index < -0.39 is 0 Å². The highest BCUT2D eigenvalue weighted by molar-refractivity contribution is 4.66. The normalized spacial score (nSPS) is 17.1. The van der Waals surface area contributed by atoms with Crippen molar-refractivity contribution in [2.45, 2.75) is 57.5 Å². The number of rotatable bonds is 10. The third-order valence-electron chi connectivity index (χ3n) is 3.20. The van der Waals surface area contributed by atoms with Gasteiger partial charge in [0.1, 0.15) is 0 Å². The SMILES string of the molecule is OCCCCCCNCCOC1CCCC1. The van der Waals surface area contributed by atoms with E-state index in [4.69, 9.17) is 9.84 Å². The monoisotopic (exact) mass is 229 g/mol. The van der Waals surface area contributed by atoms with Gasteiger partial charge in [0, 0.05) is 13.2 Å². The predicted octanol–water partition coefficient (Wildman–Crippen LogP) is 2.09. The van der Waals surface area contributed by atoms with Gasteiger partial charge in [0.15, 0.2) is 0 Å². The van der Waals surface area contributed by atoms with Crippen molar-refractivity contribution >= 4 is 0 Å². The summed E-state index contributed by atoms with van der Waals surface area (Å²) in [6, 6.07) is 0. The fraction of sp³-hybridized carbons (Fsp3) is 1.00. The van der Waals surface area contributed by atoms with Crippen LogP contribution in [0, 0.1) is 0 Å². The highest BCUT2D eigenvalue weighted by atomic mass is 16.5. The van der Waals surface area contributed by atoms with Crippen molar-refractivity contribution in [1.82, 2.24) is 5.32 Å². The van der Waals surface area contributed by atoms with Gasteiger partial charge in [-0.1, -0.05) is 25.7 Å². The van der Waals surface area contributed by atoms with Crippen LogP contribution >= 0.6 is 0 Å². The second kappa shape index (κ2) is 10.1. The van der Waals surface area contributed by atoms with Crippen LogP contribution in [0.4, 0.5) is 0 Å². The van der Waals surface area contributed by atoms with Gasteiger partial charge in [-0.3, -0.25) is 0 Å². The molecule has 96 valence electrons. The summed E-state index contributed by atoms with van der Waals surface area (Å²) in [6.45, 7) is 3.26. The van der Waals surface area contributed by atoms with E-state index in [1.165, 1.54) is 38.5 Å². The van der Waals surface area contributed by atoms with Crippen LogP contribution in [0.1, 0.15) is 51.4 Å². The molecule has 0 heterocycles. The fourth-order valence-electron chi connectivity index (χ4n) is 2.19. The molecule has 0 aromatic heterocycles. The van der Waals surface area contributed by atoms with Crippen molar-refractivity contribution in [3.8, 4) is 0 Å². The fourth-order valence-corrected chi connectivity index (χ4v) is 2.19. The van der Waals surface area contributed by atoms with Gasteiger partial charge in [0.2, 0.25) is 0 Å². The standard InChI is InChI=1S/C13H27NO2/c15-11-6-2-1-5-9-14-10-12-16-13-7-3-4-8-13/h13-15H,1-12H2. The molecule has 0 aromatic rings. The van der Waals surface area contributed by atoms with Gasteiger partial charge in [0.05, 0.1) is 12.7 Å². The van der Waals surface area contributed by atoms with Gasteiger partial charge in [-0.2, -0.15) is 0 Å². The van der Waals surface area contributed by atoms with E-state index >= 15 is 0 Å². The lowest BCUT2D eigenvalue weighted by molar-refractivity contribution is 0.0604. The Bertz CT molecular complexity index is 147. The Morgan fingerprint density at radius 2 is 1.75 bits per heavy atom. The van der Waals surface area contributed by atoms with Crippen molar-refractivity contribution in [3.05, 3.63) is 0 Å². The molecule has 0 aromatic carbocycles. The minimum Gasteiger partial charge on any atom is -0.396 e. The summed E-state index contributed by atoms with van der Waals surface area (Å²) in [5.74, 6) is 0. The average molecular weight is 229 g/mol. The Labute approximate surface area is 99.6 Å². The van der Waals surface area contributed by atoms with Crippen molar-refractivity contribution in [3.63, 3.8) is 0 Å². The Balaban J connectivity index is 1.71. The molecule has 0 bridgehead atoms.